The fourth-order valence-corrected chi connectivity index (χ4v) is 5.53. The summed E-state index contributed by atoms with van der Waals surface area (Å²) in [7, 11) is -3.67. The molecular weight excluding hydrogens is 378 g/mol. The van der Waals surface area contributed by atoms with Crippen LogP contribution in [0.4, 0.5) is 0 Å². The molecule has 1 aliphatic carbocycles. The summed E-state index contributed by atoms with van der Waals surface area (Å²) in [5, 5.41) is 11.2. The van der Waals surface area contributed by atoms with E-state index in [4.69, 9.17) is 4.42 Å². The van der Waals surface area contributed by atoms with Gasteiger partial charge in [0.15, 0.2) is 0 Å². The SMILES string of the molecule is Cc1cc(S(=O)(=O)N(Cc2ccco2)C2CCCCC2)ccc1-n1cnnn1. The van der Waals surface area contributed by atoms with Gasteiger partial charge in [-0.2, -0.15) is 4.31 Å². The average molecular weight is 401 g/mol. The molecule has 4 rings (SSSR count). The van der Waals surface area contributed by atoms with Crippen molar-refractivity contribution in [2.24, 2.45) is 0 Å². The van der Waals surface area contributed by atoms with E-state index in [-0.39, 0.29) is 17.5 Å². The zero-order valence-electron chi connectivity index (χ0n) is 15.7. The highest BCUT2D eigenvalue weighted by atomic mass is 32.2. The number of aryl methyl sites for hydroxylation is 1. The van der Waals surface area contributed by atoms with Gasteiger partial charge in [-0.25, -0.2) is 13.1 Å². The fourth-order valence-electron chi connectivity index (χ4n) is 3.79. The van der Waals surface area contributed by atoms with Crippen molar-refractivity contribution < 1.29 is 12.8 Å². The molecule has 0 atom stereocenters. The molecule has 0 amide bonds. The van der Waals surface area contributed by atoms with E-state index >= 15 is 0 Å². The van der Waals surface area contributed by atoms with E-state index in [1.165, 1.54) is 11.0 Å². The van der Waals surface area contributed by atoms with Crippen molar-refractivity contribution in [3.63, 3.8) is 0 Å². The second-order valence-electron chi connectivity index (χ2n) is 7.12. The van der Waals surface area contributed by atoms with Crippen LogP contribution >= 0.6 is 0 Å². The van der Waals surface area contributed by atoms with Crippen molar-refractivity contribution in [2.75, 3.05) is 0 Å². The number of hydrogen-bond acceptors (Lipinski definition) is 6. The molecular formula is C19H23N5O3S. The first-order valence-electron chi connectivity index (χ1n) is 9.44. The van der Waals surface area contributed by atoms with Crippen LogP contribution in [0.2, 0.25) is 0 Å². The van der Waals surface area contributed by atoms with Crippen LogP contribution in [0.5, 0.6) is 0 Å². The maximum absolute atomic E-state index is 13.5. The van der Waals surface area contributed by atoms with Gasteiger partial charge < -0.3 is 4.42 Å². The third-order valence-corrected chi connectivity index (χ3v) is 7.14. The van der Waals surface area contributed by atoms with Gasteiger partial charge in [-0.1, -0.05) is 19.3 Å². The first-order chi connectivity index (χ1) is 13.6. The Morgan fingerprint density at radius 2 is 2.04 bits per heavy atom. The molecule has 0 bridgehead atoms. The lowest BCUT2D eigenvalue weighted by Gasteiger charge is -2.33. The first-order valence-corrected chi connectivity index (χ1v) is 10.9. The number of nitrogens with zero attached hydrogens (tertiary/aromatic N) is 5. The number of sulfonamides is 1. The normalized spacial score (nSPS) is 15.9. The predicted octanol–water partition coefficient (Wildman–Crippen LogP) is 3.09. The van der Waals surface area contributed by atoms with Gasteiger partial charge in [-0.15, -0.1) is 5.10 Å². The smallest absolute Gasteiger partial charge is 0.243 e. The lowest BCUT2D eigenvalue weighted by Crippen LogP contribution is -2.40. The van der Waals surface area contributed by atoms with E-state index in [0.29, 0.717) is 5.76 Å². The van der Waals surface area contributed by atoms with Gasteiger partial charge in [0.2, 0.25) is 10.0 Å². The minimum absolute atomic E-state index is 0.0108. The highest BCUT2D eigenvalue weighted by Crippen LogP contribution is 2.30. The molecule has 8 nitrogen and oxygen atoms in total. The number of tetrazole rings is 1. The van der Waals surface area contributed by atoms with Crippen LogP contribution < -0.4 is 0 Å². The van der Waals surface area contributed by atoms with Crippen LogP contribution in [0, 0.1) is 6.92 Å². The molecule has 0 unspecified atom stereocenters. The Bertz CT molecular complexity index is 1010. The summed E-state index contributed by atoms with van der Waals surface area (Å²) in [6.45, 7) is 2.10. The van der Waals surface area contributed by atoms with Gasteiger partial charge in [0.05, 0.1) is 23.4 Å². The molecule has 1 aromatic carbocycles. The topological polar surface area (TPSA) is 94.1 Å². The van der Waals surface area contributed by atoms with Crippen molar-refractivity contribution in [1.29, 1.82) is 0 Å². The Morgan fingerprint density at radius 3 is 2.68 bits per heavy atom. The summed E-state index contributed by atoms with van der Waals surface area (Å²) < 4.78 is 35.7. The molecule has 0 spiro atoms. The lowest BCUT2D eigenvalue weighted by molar-refractivity contribution is 0.234. The van der Waals surface area contributed by atoms with Gasteiger partial charge in [0, 0.05) is 6.04 Å². The standard InChI is InChI=1S/C19H23N5O3S/c1-15-12-18(9-10-19(15)23-14-20-21-22-23)28(25,26)24(13-17-8-5-11-27-17)16-6-3-2-4-7-16/h5,8-12,14,16H,2-4,6-7,13H2,1H3. The van der Waals surface area contributed by atoms with E-state index in [2.05, 4.69) is 15.5 Å². The second-order valence-corrected chi connectivity index (χ2v) is 9.01. The van der Waals surface area contributed by atoms with Gasteiger partial charge in [-0.3, -0.25) is 0 Å². The summed E-state index contributed by atoms with van der Waals surface area (Å²) in [5.74, 6) is 0.649. The average Bonchev–Trinajstić information content (AvgIpc) is 3.40. The van der Waals surface area contributed by atoms with Crippen molar-refractivity contribution >= 4 is 10.0 Å². The van der Waals surface area contributed by atoms with Crippen LogP contribution in [0.1, 0.15) is 43.4 Å². The third kappa shape index (κ3) is 3.72. The Kier molecular flexibility index (Phi) is 5.27. The lowest BCUT2D eigenvalue weighted by atomic mass is 9.95. The summed E-state index contributed by atoms with van der Waals surface area (Å²) in [5.41, 5.74) is 1.54. The van der Waals surface area contributed by atoms with E-state index in [1.54, 1.807) is 34.8 Å². The highest BCUT2D eigenvalue weighted by Gasteiger charge is 2.33. The molecule has 3 aromatic rings. The monoisotopic (exact) mass is 401 g/mol. The fraction of sp³-hybridized carbons (Fsp3) is 0.421. The summed E-state index contributed by atoms with van der Waals surface area (Å²) >= 11 is 0. The van der Waals surface area contributed by atoms with Crippen molar-refractivity contribution in [3.05, 3.63) is 54.2 Å². The Balaban J connectivity index is 1.69. The van der Waals surface area contributed by atoms with Gasteiger partial charge in [-0.05, 0) is 66.1 Å². The van der Waals surface area contributed by atoms with Crippen LogP contribution in [-0.4, -0.2) is 39.0 Å². The van der Waals surface area contributed by atoms with E-state index < -0.39 is 10.0 Å². The second kappa shape index (κ2) is 7.84. The first kappa shape index (κ1) is 18.8. The molecule has 148 valence electrons. The van der Waals surface area contributed by atoms with Gasteiger partial charge in [0.25, 0.3) is 0 Å². The largest absolute Gasteiger partial charge is 0.468 e. The Hall–Kier alpha value is -2.52. The Labute approximate surface area is 164 Å². The third-order valence-electron chi connectivity index (χ3n) is 5.24. The minimum atomic E-state index is -3.67. The molecule has 28 heavy (non-hydrogen) atoms. The molecule has 2 aromatic heterocycles. The molecule has 1 fully saturated rings. The molecule has 9 heteroatoms. The summed E-state index contributed by atoms with van der Waals surface area (Å²) in [6, 6.07) is 8.64. The van der Waals surface area contributed by atoms with Crippen LogP contribution in [0.3, 0.4) is 0 Å². The zero-order valence-corrected chi connectivity index (χ0v) is 16.5. The van der Waals surface area contributed by atoms with E-state index in [0.717, 1.165) is 43.4 Å². The molecule has 0 radical (unpaired) electrons. The molecule has 0 saturated heterocycles. The number of aromatic nitrogens is 4. The van der Waals surface area contributed by atoms with E-state index in [1.807, 2.05) is 13.0 Å². The molecule has 1 saturated carbocycles. The summed E-state index contributed by atoms with van der Waals surface area (Å²) in [4.78, 5) is 0.277. The molecule has 0 aliphatic heterocycles. The van der Waals surface area contributed by atoms with Crippen molar-refractivity contribution in [1.82, 2.24) is 24.5 Å². The number of hydrogen-bond donors (Lipinski definition) is 0. The number of furan rings is 1. The molecule has 0 N–H and O–H groups in total. The van der Waals surface area contributed by atoms with Crippen LogP contribution in [0.25, 0.3) is 5.69 Å². The quantitative estimate of drug-likeness (QED) is 0.630. The maximum Gasteiger partial charge on any atom is 0.243 e. The van der Waals surface area contributed by atoms with Gasteiger partial charge >= 0.3 is 0 Å². The van der Waals surface area contributed by atoms with E-state index in [9.17, 15) is 8.42 Å². The highest BCUT2D eigenvalue weighted by molar-refractivity contribution is 7.89. The summed E-state index contributed by atoms with van der Waals surface area (Å²) in [6.07, 6.45) is 8.07. The van der Waals surface area contributed by atoms with Crippen molar-refractivity contribution in [2.45, 2.75) is 56.5 Å². The number of benzene rings is 1. The zero-order chi connectivity index (χ0) is 19.6. The predicted molar refractivity (Wildman–Crippen MR) is 102 cm³/mol. The minimum Gasteiger partial charge on any atom is -0.468 e. The number of rotatable bonds is 6. The van der Waals surface area contributed by atoms with Crippen LogP contribution in [-0.2, 0) is 16.6 Å². The van der Waals surface area contributed by atoms with Crippen molar-refractivity contribution in [3.8, 4) is 5.69 Å². The van der Waals surface area contributed by atoms with Gasteiger partial charge in [0.1, 0.15) is 12.1 Å². The Morgan fingerprint density at radius 1 is 1.21 bits per heavy atom. The van der Waals surface area contributed by atoms with Crippen LogP contribution in [0.15, 0.2) is 52.2 Å². The molecule has 1 aliphatic rings. The maximum atomic E-state index is 13.5. The molecule has 2 heterocycles.